The molecule has 2 aromatic rings. The zero-order valence-corrected chi connectivity index (χ0v) is 12.0. The second-order valence-corrected chi connectivity index (χ2v) is 5.32. The lowest BCUT2D eigenvalue weighted by Crippen LogP contribution is -2.01. The van der Waals surface area contributed by atoms with E-state index in [1.54, 1.807) is 18.3 Å². The molecule has 1 heterocycles. The molecule has 0 radical (unpaired) electrons. The molecule has 5 heteroatoms. The van der Waals surface area contributed by atoms with E-state index in [4.69, 9.17) is 0 Å². The minimum atomic E-state index is 0.276. The molecule has 3 nitrogen and oxygen atoms in total. The van der Waals surface area contributed by atoms with Crippen LogP contribution >= 0.6 is 31.9 Å². The number of nitrogens with one attached hydrogen (secondary N) is 1. The minimum absolute atomic E-state index is 0.276. The molecule has 0 aliphatic carbocycles. The summed E-state index contributed by atoms with van der Waals surface area (Å²) in [4.78, 5) is 4.19. The number of hydrogen-bond acceptors (Lipinski definition) is 3. The van der Waals surface area contributed by atoms with Gasteiger partial charge in [0.15, 0.2) is 0 Å². The van der Waals surface area contributed by atoms with Gasteiger partial charge >= 0.3 is 0 Å². The molecule has 1 aromatic carbocycles. The van der Waals surface area contributed by atoms with Crippen LogP contribution in [0.4, 0.5) is 5.82 Å². The van der Waals surface area contributed by atoms with Crippen LogP contribution < -0.4 is 5.32 Å². The highest BCUT2D eigenvalue weighted by molar-refractivity contribution is 9.10. The second kappa shape index (κ2) is 5.51. The first-order chi connectivity index (χ1) is 8.15. The van der Waals surface area contributed by atoms with Gasteiger partial charge in [-0.2, -0.15) is 0 Å². The number of aromatic hydroxyl groups is 1. The van der Waals surface area contributed by atoms with Crippen molar-refractivity contribution in [2.75, 3.05) is 5.32 Å². The second-order valence-electron chi connectivity index (χ2n) is 3.49. The van der Waals surface area contributed by atoms with Gasteiger partial charge in [0, 0.05) is 27.3 Å². The van der Waals surface area contributed by atoms with Gasteiger partial charge in [0.1, 0.15) is 11.6 Å². The van der Waals surface area contributed by atoms with Crippen LogP contribution in [-0.2, 0) is 6.54 Å². The fourth-order valence-corrected chi connectivity index (χ4v) is 2.00. The van der Waals surface area contributed by atoms with Crippen LogP contribution in [0.25, 0.3) is 0 Å². The summed E-state index contributed by atoms with van der Waals surface area (Å²) in [5.74, 6) is 1.05. The van der Waals surface area contributed by atoms with Gasteiger partial charge in [0.25, 0.3) is 0 Å². The average Bonchev–Trinajstić information content (AvgIpc) is 2.32. The summed E-state index contributed by atoms with van der Waals surface area (Å²) < 4.78 is 1.88. The molecule has 88 valence electrons. The van der Waals surface area contributed by atoms with E-state index in [0.29, 0.717) is 6.54 Å². The Kier molecular flexibility index (Phi) is 4.02. The largest absolute Gasteiger partial charge is 0.508 e. The molecule has 0 saturated heterocycles. The Morgan fingerprint density at radius 3 is 2.59 bits per heavy atom. The predicted octanol–water partition coefficient (Wildman–Crippen LogP) is 3.92. The number of hydrogen-bond donors (Lipinski definition) is 2. The maximum absolute atomic E-state index is 9.67. The molecule has 0 unspecified atom stereocenters. The summed E-state index contributed by atoms with van der Waals surface area (Å²) in [6.45, 7) is 0.528. The maximum Gasteiger partial charge on any atom is 0.126 e. The monoisotopic (exact) mass is 356 g/mol. The predicted molar refractivity (Wildman–Crippen MR) is 75.1 cm³/mol. The zero-order chi connectivity index (χ0) is 12.3. The Morgan fingerprint density at radius 2 is 1.88 bits per heavy atom. The van der Waals surface area contributed by atoms with Crippen molar-refractivity contribution in [1.29, 1.82) is 0 Å². The summed E-state index contributed by atoms with van der Waals surface area (Å²) in [7, 11) is 0. The molecule has 0 saturated carbocycles. The van der Waals surface area contributed by atoms with Crippen LogP contribution in [0.5, 0.6) is 5.75 Å². The quantitative estimate of drug-likeness (QED) is 0.874. The van der Waals surface area contributed by atoms with E-state index < -0.39 is 0 Å². The molecule has 1 aromatic heterocycles. The van der Waals surface area contributed by atoms with Gasteiger partial charge in [-0.3, -0.25) is 0 Å². The van der Waals surface area contributed by atoms with E-state index in [0.717, 1.165) is 20.3 Å². The molecule has 0 aliphatic rings. The number of phenolic OH excluding ortho intramolecular Hbond substituents is 1. The standard InChI is InChI=1S/C12H10Br2N2O/c13-9-1-3-11(17)8(5-9)6-15-12-4-2-10(14)7-16-12/h1-5,7,17H,6H2,(H,15,16). The van der Waals surface area contributed by atoms with E-state index in [1.807, 2.05) is 18.2 Å². The first-order valence-electron chi connectivity index (χ1n) is 4.98. The highest BCUT2D eigenvalue weighted by Gasteiger charge is 2.02. The summed E-state index contributed by atoms with van der Waals surface area (Å²) in [5, 5.41) is 12.8. The number of anilines is 1. The van der Waals surface area contributed by atoms with Crippen LogP contribution in [-0.4, -0.2) is 10.1 Å². The number of phenols is 1. The Bertz CT molecular complexity index is 514. The van der Waals surface area contributed by atoms with Crippen LogP contribution in [0, 0.1) is 0 Å². The third-order valence-electron chi connectivity index (χ3n) is 2.23. The summed E-state index contributed by atoms with van der Waals surface area (Å²) in [6.07, 6.45) is 1.73. The molecule has 0 fully saturated rings. The average molecular weight is 358 g/mol. The maximum atomic E-state index is 9.67. The van der Waals surface area contributed by atoms with Gasteiger partial charge in [-0.1, -0.05) is 15.9 Å². The molecule has 0 atom stereocenters. The van der Waals surface area contributed by atoms with Crippen molar-refractivity contribution in [1.82, 2.24) is 4.98 Å². The zero-order valence-electron chi connectivity index (χ0n) is 8.82. The lowest BCUT2D eigenvalue weighted by Gasteiger charge is -2.07. The number of benzene rings is 1. The Morgan fingerprint density at radius 1 is 1.12 bits per heavy atom. The van der Waals surface area contributed by atoms with Gasteiger partial charge < -0.3 is 10.4 Å². The van der Waals surface area contributed by atoms with Crippen molar-refractivity contribution >= 4 is 37.7 Å². The van der Waals surface area contributed by atoms with Gasteiger partial charge in [-0.25, -0.2) is 4.98 Å². The van der Waals surface area contributed by atoms with Gasteiger partial charge in [-0.05, 0) is 46.3 Å². The molecule has 2 N–H and O–H groups in total. The normalized spacial score (nSPS) is 10.2. The lowest BCUT2D eigenvalue weighted by atomic mass is 10.2. The van der Waals surface area contributed by atoms with Crippen molar-refractivity contribution in [2.45, 2.75) is 6.54 Å². The Hall–Kier alpha value is -1.07. The summed E-state index contributed by atoms with van der Waals surface area (Å²) >= 11 is 6.70. The fourth-order valence-electron chi connectivity index (χ4n) is 1.36. The first kappa shape index (κ1) is 12.4. The van der Waals surface area contributed by atoms with Gasteiger partial charge in [0.2, 0.25) is 0 Å². The molecule has 2 rings (SSSR count). The molecule has 0 spiro atoms. The SMILES string of the molecule is Oc1ccc(Br)cc1CNc1ccc(Br)cn1. The van der Waals surface area contributed by atoms with E-state index in [-0.39, 0.29) is 5.75 Å². The third-order valence-corrected chi connectivity index (χ3v) is 3.19. The topological polar surface area (TPSA) is 45.1 Å². The van der Waals surface area contributed by atoms with Crippen molar-refractivity contribution in [3.05, 3.63) is 51.0 Å². The molecular formula is C12H10Br2N2O. The number of rotatable bonds is 3. The van der Waals surface area contributed by atoms with E-state index in [9.17, 15) is 5.11 Å². The number of aromatic nitrogens is 1. The highest BCUT2D eigenvalue weighted by atomic mass is 79.9. The number of pyridine rings is 1. The van der Waals surface area contributed by atoms with Crippen LogP contribution in [0.15, 0.2) is 45.5 Å². The van der Waals surface area contributed by atoms with E-state index >= 15 is 0 Å². The number of nitrogens with zero attached hydrogens (tertiary/aromatic N) is 1. The lowest BCUT2D eigenvalue weighted by molar-refractivity contribution is 0.469. The highest BCUT2D eigenvalue weighted by Crippen LogP contribution is 2.22. The summed E-state index contributed by atoms with van der Waals surface area (Å²) in [5.41, 5.74) is 0.823. The molecular weight excluding hydrogens is 348 g/mol. The Balaban J connectivity index is 2.07. The smallest absolute Gasteiger partial charge is 0.126 e. The Labute approximate surface area is 116 Å². The van der Waals surface area contributed by atoms with Gasteiger partial charge in [0.05, 0.1) is 0 Å². The molecule has 0 amide bonds. The number of halogens is 2. The van der Waals surface area contributed by atoms with Crippen molar-refractivity contribution in [3.63, 3.8) is 0 Å². The molecule has 0 aliphatic heterocycles. The minimum Gasteiger partial charge on any atom is -0.508 e. The van der Waals surface area contributed by atoms with Crippen LogP contribution in [0.3, 0.4) is 0 Å². The van der Waals surface area contributed by atoms with Crippen LogP contribution in [0.1, 0.15) is 5.56 Å². The van der Waals surface area contributed by atoms with Crippen molar-refractivity contribution < 1.29 is 5.11 Å². The first-order valence-corrected chi connectivity index (χ1v) is 6.56. The van der Waals surface area contributed by atoms with Crippen molar-refractivity contribution in [3.8, 4) is 5.75 Å². The molecule has 0 bridgehead atoms. The summed E-state index contributed by atoms with van der Waals surface area (Å²) in [6, 6.07) is 9.13. The van der Waals surface area contributed by atoms with Gasteiger partial charge in [-0.15, -0.1) is 0 Å². The third kappa shape index (κ3) is 3.44. The van der Waals surface area contributed by atoms with E-state index in [1.165, 1.54) is 0 Å². The van der Waals surface area contributed by atoms with Crippen molar-refractivity contribution in [2.24, 2.45) is 0 Å². The fraction of sp³-hybridized carbons (Fsp3) is 0.0833. The van der Waals surface area contributed by atoms with Crippen LogP contribution in [0.2, 0.25) is 0 Å². The van der Waals surface area contributed by atoms with E-state index in [2.05, 4.69) is 42.2 Å². The molecule has 17 heavy (non-hydrogen) atoms.